The summed E-state index contributed by atoms with van der Waals surface area (Å²) in [4.78, 5) is 11.7. The third kappa shape index (κ3) is 6.52. The summed E-state index contributed by atoms with van der Waals surface area (Å²) in [6.45, 7) is 2.16. The molecule has 110 valence electrons. The average molecular weight is 294 g/mol. The van der Waals surface area contributed by atoms with E-state index in [1.165, 1.54) is 19.3 Å². The number of benzene rings is 1. The number of thiocarbonyl (C=S) groups is 1. The lowest BCUT2D eigenvalue weighted by atomic mass is 10.1. The summed E-state index contributed by atoms with van der Waals surface area (Å²) >= 11 is 5.04. The van der Waals surface area contributed by atoms with Crippen LogP contribution < -0.4 is 10.6 Å². The van der Waals surface area contributed by atoms with Crippen LogP contribution in [-0.4, -0.2) is 16.1 Å². The molecule has 1 aromatic rings. The minimum atomic E-state index is -0.0885. The molecule has 0 aliphatic rings. The van der Waals surface area contributed by atoms with Gasteiger partial charge >= 0.3 is 0 Å². The molecule has 3 N–H and O–H groups in total. The average Bonchev–Trinajstić information content (AvgIpc) is 2.41. The molecule has 20 heavy (non-hydrogen) atoms. The zero-order chi connectivity index (χ0) is 14.8. The summed E-state index contributed by atoms with van der Waals surface area (Å²) in [7, 11) is 0. The first-order chi connectivity index (χ1) is 9.63. The second kappa shape index (κ2) is 9.31. The molecule has 0 heterocycles. The van der Waals surface area contributed by atoms with Crippen molar-refractivity contribution in [2.45, 2.75) is 45.4 Å². The Morgan fingerprint density at radius 3 is 2.60 bits per heavy atom. The maximum Gasteiger partial charge on any atom is 0.226 e. The molecule has 4 nitrogen and oxygen atoms in total. The van der Waals surface area contributed by atoms with E-state index in [-0.39, 0.29) is 16.8 Å². The number of phenolic OH excluding ortho intramolecular Hbond substituents is 1. The van der Waals surface area contributed by atoms with Gasteiger partial charge in [-0.2, -0.15) is 0 Å². The first-order valence-electron chi connectivity index (χ1n) is 7.02. The lowest BCUT2D eigenvalue weighted by Crippen LogP contribution is -2.33. The summed E-state index contributed by atoms with van der Waals surface area (Å²) in [6.07, 6.45) is 6.01. The van der Waals surface area contributed by atoms with Gasteiger partial charge in [-0.05, 0) is 30.8 Å². The molecule has 0 saturated heterocycles. The molecule has 0 fully saturated rings. The second-order valence-corrected chi connectivity index (χ2v) is 5.09. The maximum absolute atomic E-state index is 11.7. The number of hydrogen-bond acceptors (Lipinski definition) is 3. The highest BCUT2D eigenvalue weighted by atomic mass is 32.1. The molecule has 0 spiro atoms. The molecular formula is C15H22N2O2S. The van der Waals surface area contributed by atoms with E-state index < -0.39 is 0 Å². The molecule has 0 saturated carbocycles. The van der Waals surface area contributed by atoms with Crippen LogP contribution in [0.5, 0.6) is 5.75 Å². The summed E-state index contributed by atoms with van der Waals surface area (Å²) < 4.78 is 0. The number of phenols is 1. The Balaban J connectivity index is 2.25. The first kappa shape index (κ1) is 16.4. The first-order valence-corrected chi connectivity index (χ1v) is 7.43. The van der Waals surface area contributed by atoms with E-state index in [1.54, 1.807) is 24.3 Å². The van der Waals surface area contributed by atoms with Gasteiger partial charge in [-0.3, -0.25) is 4.79 Å². The Kier molecular flexibility index (Phi) is 7.65. The van der Waals surface area contributed by atoms with Crippen LogP contribution in [0.15, 0.2) is 24.3 Å². The zero-order valence-electron chi connectivity index (χ0n) is 11.8. The highest BCUT2D eigenvalue weighted by molar-refractivity contribution is 7.80. The van der Waals surface area contributed by atoms with Crippen LogP contribution >= 0.6 is 12.2 Å². The fourth-order valence-electron chi connectivity index (χ4n) is 1.81. The van der Waals surface area contributed by atoms with E-state index in [4.69, 9.17) is 12.2 Å². The minimum Gasteiger partial charge on any atom is -0.506 e. The van der Waals surface area contributed by atoms with Gasteiger partial charge in [0, 0.05) is 6.42 Å². The Morgan fingerprint density at radius 1 is 1.20 bits per heavy atom. The largest absolute Gasteiger partial charge is 0.506 e. The molecule has 0 bridgehead atoms. The van der Waals surface area contributed by atoms with Crippen LogP contribution in [0, 0.1) is 0 Å². The number of para-hydroxylation sites is 2. The normalized spacial score (nSPS) is 10.1. The minimum absolute atomic E-state index is 0.0885. The molecule has 1 amide bonds. The smallest absolute Gasteiger partial charge is 0.226 e. The second-order valence-electron chi connectivity index (χ2n) is 4.68. The molecule has 0 aromatic heterocycles. The van der Waals surface area contributed by atoms with E-state index in [2.05, 4.69) is 17.6 Å². The van der Waals surface area contributed by atoms with Crippen LogP contribution in [0.1, 0.15) is 45.4 Å². The lowest BCUT2D eigenvalue weighted by molar-refractivity contribution is -0.119. The summed E-state index contributed by atoms with van der Waals surface area (Å²) in [5, 5.41) is 15.2. The Hall–Kier alpha value is -1.62. The quantitative estimate of drug-likeness (QED) is 0.409. The van der Waals surface area contributed by atoms with Gasteiger partial charge in [0.15, 0.2) is 5.11 Å². The number of unbranched alkanes of at least 4 members (excludes halogenated alkanes) is 4. The van der Waals surface area contributed by atoms with E-state index in [9.17, 15) is 9.90 Å². The van der Waals surface area contributed by atoms with Gasteiger partial charge in [0.05, 0.1) is 5.69 Å². The Labute approximate surface area is 125 Å². The van der Waals surface area contributed by atoms with Gasteiger partial charge < -0.3 is 15.7 Å². The summed E-state index contributed by atoms with van der Waals surface area (Å²) in [5.41, 5.74) is 0.487. The lowest BCUT2D eigenvalue weighted by Gasteiger charge is -2.10. The highest BCUT2D eigenvalue weighted by Crippen LogP contribution is 2.21. The number of carbonyl (C=O) groups excluding carboxylic acids is 1. The molecular weight excluding hydrogens is 272 g/mol. The molecule has 0 atom stereocenters. The van der Waals surface area contributed by atoms with E-state index >= 15 is 0 Å². The van der Waals surface area contributed by atoms with Crippen molar-refractivity contribution in [1.29, 1.82) is 0 Å². The van der Waals surface area contributed by atoms with Gasteiger partial charge in [0.25, 0.3) is 0 Å². The standard InChI is InChI=1S/C15H22N2O2S/c1-2-3-4-5-6-11-14(19)17-15(20)16-12-9-7-8-10-13(12)18/h7-10,18H,2-6,11H2,1H3,(H2,16,17,19,20). The van der Waals surface area contributed by atoms with Crippen molar-refractivity contribution in [2.75, 3.05) is 5.32 Å². The van der Waals surface area contributed by atoms with Gasteiger partial charge in [-0.1, -0.05) is 44.7 Å². The molecule has 1 aromatic carbocycles. The van der Waals surface area contributed by atoms with Crippen LogP contribution in [0.3, 0.4) is 0 Å². The molecule has 0 aliphatic carbocycles. The van der Waals surface area contributed by atoms with E-state index in [0.717, 1.165) is 12.8 Å². The van der Waals surface area contributed by atoms with Crippen molar-refractivity contribution < 1.29 is 9.90 Å². The number of amides is 1. The van der Waals surface area contributed by atoms with E-state index in [0.29, 0.717) is 12.1 Å². The predicted molar refractivity (Wildman–Crippen MR) is 85.8 cm³/mol. The SMILES string of the molecule is CCCCCCCC(=O)NC(=S)Nc1ccccc1O. The van der Waals surface area contributed by atoms with Crippen molar-refractivity contribution in [2.24, 2.45) is 0 Å². The van der Waals surface area contributed by atoms with Crippen LogP contribution in [-0.2, 0) is 4.79 Å². The van der Waals surface area contributed by atoms with Crippen LogP contribution in [0.25, 0.3) is 0 Å². The van der Waals surface area contributed by atoms with Gasteiger partial charge in [0.1, 0.15) is 5.75 Å². The Morgan fingerprint density at radius 2 is 1.90 bits per heavy atom. The molecule has 0 aliphatic heterocycles. The topological polar surface area (TPSA) is 61.4 Å². The maximum atomic E-state index is 11.7. The summed E-state index contributed by atoms with van der Waals surface area (Å²) in [6, 6.07) is 6.75. The fraction of sp³-hybridized carbons (Fsp3) is 0.467. The van der Waals surface area contributed by atoms with Crippen molar-refractivity contribution in [3.8, 4) is 5.75 Å². The number of carbonyl (C=O) groups is 1. The van der Waals surface area contributed by atoms with Crippen molar-refractivity contribution in [3.63, 3.8) is 0 Å². The summed E-state index contributed by atoms with van der Waals surface area (Å²) in [5.74, 6) is 0.0121. The van der Waals surface area contributed by atoms with Crippen LogP contribution in [0.4, 0.5) is 5.69 Å². The fourth-order valence-corrected chi connectivity index (χ4v) is 2.03. The molecule has 1 rings (SSSR count). The number of aromatic hydroxyl groups is 1. The Bertz CT molecular complexity index is 449. The van der Waals surface area contributed by atoms with Crippen molar-refractivity contribution >= 4 is 28.9 Å². The zero-order valence-corrected chi connectivity index (χ0v) is 12.6. The van der Waals surface area contributed by atoms with Crippen LogP contribution in [0.2, 0.25) is 0 Å². The third-order valence-corrected chi connectivity index (χ3v) is 3.12. The number of rotatable bonds is 7. The molecule has 0 unspecified atom stereocenters. The molecule has 0 radical (unpaired) electrons. The van der Waals surface area contributed by atoms with Gasteiger partial charge in [-0.15, -0.1) is 0 Å². The highest BCUT2D eigenvalue weighted by Gasteiger charge is 2.06. The van der Waals surface area contributed by atoms with Gasteiger partial charge in [0.2, 0.25) is 5.91 Å². The molecule has 5 heteroatoms. The monoisotopic (exact) mass is 294 g/mol. The third-order valence-electron chi connectivity index (χ3n) is 2.91. The number of anilines is 1. The van der Waals surface area contributed by atoms with E-state index in [1.807, 2.05) is 0 Å². The number of nitrogens with one attached hydrogen (secondary N) is 2. The number of hydrogen-bond donors (Lipinski definition) is 3. The van der Waals surface area contributed by atoms with Crippen molar-refractivity contribution in [3.05, 3.63) is 24.3 Å². The van der Waals surface area contributed by atoms with Crippen molar-refractivity contribution in [1.82, 2.24) is 5.32 Å². The predicted octanol–water partition coefficient (Wildman–Crippen LogP) is 3.57. The van der Waals surface area contributed by atoms with Gasteiger partial charge in [-0.25, -0.2) is 0 Å².